The van der Waals surface area contributed by atoms with Crippen LogP contribution in [0.2, 0.25) is 0 Å². The second-order valence-electron chi connectivity index (χ2n) is 10.7. The number of H-pyrrole nitrogens is 1. The van der Waals surface area contributed by atoms with Crippen molar-refractivity contribution in [3.8, 4) is 28.4 Å². The van der Waals surface area contributed by atoms with Gasteiger partial charge in [0.1, 0.15) is 6.54 Å². The lowest BCUT2D eigenvalue weighted by atomic mass is 9.91. The predicted octanol–water partition coefficient (Wildman–Crippen LogP) is 4.66. The van der Waals surface area contributed by atoms with E-state index in [-0.39, 0.29) is 24.4 Å². The number of imidazole rings is 1. The number of nitrogens with zero attached hydrogens (tertiary/aromatic N) is 6. The van der Waals surface area contributed by atoms with E-state index in [0.29, 0.717) is 41.8 Å². The van der Waals surface area contributed by atoms with E-state index < -0.39 is 5.92 Å². The average Bonchev–Trinajstić information content (AvgIpc) is 3.74. The van der Waals surface area contributed by atoms with Gasteiger partial charge in [0.25, 0.3) is 0 Å². The number of tetrazole rings is 1. The Kier molecular flexibility index (Phi) is 9.83. The van der Waals surface area contributed by atoms with Crippen LogP contribution in [0.15, 0.2) is 85.1 Å². The first-order valence-electron chi connectivity index (χ1n) is 14.6. The van der Waals surface area contributed by atoms with Crippen molar-refractivity contribution in [3.05, 3.63) is 96.4 Å². The van der Waals surface area contributed by atoms with Gasteiger partial charge in [-0.25, -0.2) is 4.98 Å². The zero-order valence-corrected chi connectivity index (χ0v) is 25.7. The first-order chi connectivity index (χ1) is 21.9. The van der Waals surface area contributed by atoms with Crippen LogP contribution in [0, 0.1) is 0 Å². The number of anilines is 1. The van der Waals surface area contributed by atoms with Gasteiger partial charge in [0.2, 0.25) is 17.8 Å². The van der Waals surface area contributed by atoms with E-state index in [2.05, 4.69) is 25.9 Å². The summed E-state index contributed by atoms with van der Waals surface area (Å²) in [4.78, 5) is 34.2. The second kappa shape index (κ2) is 14.3. The Bertz CT molecular complexity index is 1710. The van der Waals surface area contributed by atoms with Gasteiger partial charge in [0.05, 0.1) is 25.8 Å². The van der Waals surface area contributed by atoms with Gasteiger partial charge in [0, 0.05) is 29.9 Å². The van der Waals surface area contributed by atoms with E-state index in [0.717, 1.165) is 16.8 Å². The molecule has 3 aromatic carbocycles. The highest BCUT2D eigenvalue weighted by molar-refractivity contribution is 5.95. The number of aromatic nitrogens is 6. The highest BCUT2D eigenvalue weighted by atomic mass is 16.5. The van der Waals surface area contributed by atoms with Crippen LogP contribution in [0.5, 0.6) is 11.5 Å². The van der Waals surface area contributed by atoms with Crippen molar-refractivity contribution in [1.82, 2.24) is 35.1 Å². The molecule has 2 heterocycles. The standard InChI is InChI=1S/C33H36N8O4/c1-22(2)40(32(43)26(16-18-30-36-38-39-37-30)24-15-17-28(44-3)29(19-24)45-4)21-31(42)35-33-34-27(23-11-7-5-8-12-23)20-41(33)25-13-9-6-10-14-25/h5-15,17,19-20,22,26H,16,18,21H2,1-4H3,(H,34,35,42)(H,36,37,38,39). The zero-order valence-electron chi connectivity index (χ0n) is 25.7. The van der Waals surface area contributed by atoms with Crippen LogP contribution in [0.25, 0.3) is 16.9 Å². The van der Waals surface area contributed by atoms with Gasteiger partial charge in [-0.3, -0.25) is 19.5 Å². The molecule has 0 spiro atoms. The molecule has 0 aliphatic rings. The number of aryl methyl sites for hydroxylation is 1. The number of methoxy groups -OCH3 is 2. The molecule has 1 atom stereocenters. The van der Waals surface area contributed by atoms with Crippen molar-refractivity contribution in [3.63, 3.8) is 0 Å². The lowest BCUT2D eigenvalue weighted by Crippen LogP contribution is -2.45. The molecule has 5 rings (SSSR count). The zero-order chi connectivity index (χ0) is 31.8. The van der Waals surface area contributed by atoms with Crippen molar-refractivity contribution in [1.29, 1.82) is 0 Å². The van der Waals surface area contributed by atoms with E-state index >= 15 is 0 Å². The summed E-state index contributed by atoms with van der Waals surface area (Å²) >= 11 is 0. The fourth-order valence-corrected chi connectivity index (χ4v) is 5.10. The summed E-state index contributed by atoms with van der Waals surface area (Å²) in [5, 5.41) is 17.1. The average molecular weight is 609 g/mol. The van der Waals surface area contributed by atoms with Crippen LogP contribution in [-0.2, 0) is 16.0 Å². The molecular formula is C33H36N8O4. The van der Waals surface area contributed by atoms with Crippen LogP contribution in [0.1, 0.15) is 37.6 Å². The number of hydrogen-bond donors (Lipinski definition) is 2. The molecule has 45 heavy (non-hydrogen) atoms. The fraction of sp³-hybridized carbons (Fsp3) is 0.273. The number of ether oxygens (including phenoxy) is 2. The van der Waals surface area contributed by atoms with Crippen LogP contribution in [0.4, 0.5) is 5.95 Å². The minimum atomic E-state index is -0.616. The molecule has 12 nitrogen and oxygen atoms in total. The van der Waals surface area contributed by atoms with Crippen LogP contribution < -0.4 is 14.8 Å². The second-order valence-corrected chi connectivity index (χ2v) is 10.7. The Hall–Kier alpha value is -5.52. The summed E-state index contributed by atoms with van der Waals surface area (Å²) in [7, 11) is 3.10. The topological polar surface area (TPSA) is 140 Å². The van der Waals surface area contributed by atoms with Gasteiger partial charge >= 0.3 is 0 Å². The minimum absolute atomic E-state index is 0.176. The third kappa shape index (κ3) is 7.35. The van der Waals surface area contributed by atoms with Crippen molar-refractivity contribution < 1.29 is 19.1 Å². The number of hydrogen-bond acceptors (Lipinski definition) is 8. The van der Waals surface area contributed by atoms with Gasteiger partial charge in [-0.15, -0.1) is 10.2 Å². The van der Waals surface area contributed by atoms with Gasteiger partial charge in [-0.1, -0.05) is 59.8 Å². The number of amides is 2. The van der Waals surface area contributed by atoms with Crippen molar-refractivity contribution in [2.75, 3.05) is 26.1 Å². The van der Waals surface area contributed by atoms with Crippen molar-refractivity contribution >= 4 is 17.8 Å². The van der Waals surface area contributed by atoms with Gasteiger partial charge in [-0.2, -0.15) is 5.21 Å². The first-order valence-corrected chi connectivity index (χ1v) is 14.6. The quantitative estimate of drug-likeness (QED) is 0.197. The summed E-state index contributed by atoms with van der Waals surface area (Å²) in [5.74, 6) is 0.696. The van der Waals surface area contributed by atoms with Gasteiger partial charge in [-0.05, 0) is 50.1 Å². The number of para-hydroxylation sites is 1. The summed E-state index contributed by atoms with van der Waals surface area (Å²) in [5.41, 5.74) is 3.19. The molecule has 0 aliphatic carbocycles. The maximum atomic E-state index is 14.3. The van der Waals surface area contributed by atoms with E-state index in [1.165, 1.54) is 0 Å². The summed E-state index contributed by atoms with van der Waals surface area (Å²) < 4.78 is 12.8. The van der Waals surface area contributed by atoms with E-state index in [9.17, 15) is 9.59 Å². The van der Waals surface area contributed by atoms with E-state index in [1.807, 2.05) is 91.3 Å². The SMILES string of the molecule is COc1ccc(C(CCc2nn[nH]n2)C(=O)N(CC(=O)Nc2nc(-c3ccccc3)cn2-c2ccccc2)C(C)C)cc1OC. The Morgan fingerprint density at radius 2 is 1.67 bits per heavy atom. The molecule has 0 radical (unpaired) electrons. The molecule has 232 valence electrons. The Morgan fingerprint density at radius 3 is 2.31 bits per heavy atom. The molecule has 2 amide bonds. The molecule has 0 bridgehead atoms. The normalized spacial score (nSPS) is 11.7. The van der Waals surface area contributed by atoms with Crippen molar-refractivity contribution in [2.45, 2.75) is 38.6 Å². The fourth-order valence-electron chi connectivity index (χ4n) is 5.10. The molecular weight excluding hydrogens is 572 g/mol. The Morgan fingerprint density at radius 1 is 0.956 bits per heavy atom. The smallest absolute Gasteiger partial charge is 0.246 e. The minimum Gasteiger partial charge on any atom is -0.493 e. The van der Waals surface area contributed by atoms with Crippen molar-refractivity contribution in [2.24, 2.45) is 0 Å². The van der Waals surface area contributed by atoms with Gasteiger partial charge in [0.15, 0.2) is 17.3 Å². The Balaban J connectivity index is 1.41. The third-order valence-corrected chi connectivity index (χ3v) is 7.44. The monoisotopic (exact) mass is 608 g/mol. The molecule has 2 N–H and O–H groups in total. The molecule has 0 saturated heterocycles. The van der Waals surface area contributed by atoms with Crippen LogP contribution >= 0.6 is 0 Å². The number of benzene rings is 3. The molecule has 0 saturated carbocycles. The van der Waals surface area contributed by atoms with Gasteiger partial charge < -0.3 is 14.4 Å². The lowest BCUT2D eigenvalue weighted by Gasteiger charge is -2.30. The number of rotatable bonds is 13. The van der Waals surface area contributed by atoms with E-state index in [1.54, 1.807) is 31.3 Å². The number of carbonyl (C=O) groups excluding carboxylic acids is 2. The Labute approximate surface area is 261 Å². The number of aromatic amines is 1. The molecule has 2 aromatic heterocycles. The summed E-state index contributed by atoms with van der Waals surface area (Å²) in [6.45, 7) is 3.59. The number of carbonyl (C=O) groups is 2. The van der Waals surface area contributed by atoms with Crippen LogP contribution in [0.3, 0.4) is 0 Å². The molecule has 5 aromatic rings. The number of nitrogens with one attached hydrogen (secondary N) is 2. The molecule has 12 heteroatoms. The highest BCUT2D eigenvalue weighted by Crippen LogP contribution is 2.33. The van der Waals surface area contributed by atoms with Crippen LogP contribution in [-0.4, -0.2) is 73.7 Å². The highest BCUT2D eigenvalue weighted by Gasteiger charge is 2.30. The maximum absolute atomic E-state index is 14.3. The lowest BCUT2D eigenvalue weighted by molar-refractivity contribution is -0.138. The molecule has 1 unspecified atom stereocenters. The third-order valence-electron chi connectivity index (χ3n) is 7.44. The first kappa shape index (κ1) is 30.9. The maximum Gasteiger partial charge on any atom is 0.246 e. The molecule has 0 fully saturated rings. The predicted molar refractivity (Wildman–Crippen MR) is 169 cm³/mol. The summed E-state index contributed by atoms with van der Waals surface area (Å²) in [6.07, 6.45) is 2.67. The largest absolute Gasteiger partial charge is 0.493 e. The molecule has 0 aliphatic heterocycles. The van der Waals surface area contributed by atoms with E-state index in [4.69, 9.17) is 14.5 Å². The summed E-state index contributed by atoms with van der Waals surface area (Å²) in [6, 6.07) is 24.5.